The molecule has 2 rings (SSSR count). The summed E-state index contributed by atoms with van der Waals surface area (Å²) in [6.07, 6.45) is 5.15. The van der Waals surface area contributed by atoms with Crippen molar-refractivity contribution in [2.24, 2.45) is 17.6 Å². The van der Waals surface area contributed by atoms with Gasteiger partial charge in [0.1, 0.15) is 5.75 Å². The normalized spacial score (nSPS) is 27.2. The molecule has 106 valence electrons. The third kappa shape index (κ3) is 3.30. The Labute approximate surface area is 117 Å². The zero-order valence-electron chi connectivity index (χ0n) is 12.3. The Balaban J connectivity index is 2.25. The van der Waals surface area contributed by atoms with Crippen molar-refractivity contribution in [3.8, 4) is 5.75 Å². The molecule has 1 aromatic carbocycles. The molecule has 1 aliphatic rings. The van der Waals surface area contributed by atoms with Gasteiger partial charge >= 0.3 is 0 Å². The van der Waals surface area contributed by atoms with Crippen LogP contribution in [0.15, 0.2) is 24.3 Å². The van der Waals surface area contributed by atoms with Crippen LogP contribution in [0.2, 0.25) is 0 Å². The summed E-state index contributed by atoms with van der Waals surface area (Å²) < 4.78 is 5.81. The van der Waals surface area contributed by atoms with Crippen LogP contribution in [-0.4, -0.2) is 13.2 Å². The summed E-state index contributed by atoms with van der Waals surface area (Å²) >= 11 is 0. The molecule has 0 heterocycles. The van der Waals surface area contributed by atoms with Gasteiger partial charge in [-0.1, -0.05) is 38.0 Å². The molecule has 0 bridgehead atoms. The lowest BCUT2D eigenvalue weighted by atomic mass is 9.70. The Hall–Kier alpha value is -1.02. The van der Waals surface area contributed by atoms with E-state index in [1.54, 1.807) is 0 Å². The molecule has 2 N–H and O–H groups in total. The second-order valence-electron chi connectivity index (χ2n) is 5.66. The van der Waals surface area contributed by atoms with Gasteiger partial charge in [0.15, 0.2) is 0 Å². The average molecular weight is 261 g/mol. The maximum absolute atomic E-state index is 6.00. The smallest absolute Gasteiger partial charge is 0.122 e. The first kappa shape index (κ1) is 14.4. The van der Waals surface area contributed by atoms with Crippen molar-refractivity contribution in [1.82, 2.24) is 0 Å². The van der Waals surface area contributed by atoms with Gasteiger partial charge in [0, 0.05) is 0 Å². The number of rotatable bonds is 5. The quantitative estimate of drug-likeness (QED) is 0.871. The highest BCUT2D eigenvalue weighted by Gasteiger charge is 2.31. The van der Waals surface area contributed by atoms with Gasteiger partial charge in [-0.25, -0.2) is 0 Å². The summed E-state index contributed by atoms with van der Waals surface area (Å²) in [6, 6.07) is 8.52. The molecular weight excluding hydrogens is 234 g/mol. The third-order valence-corrected chi connectivity index (χ3v) is 4.60. The highest BCUT2D eigenvalue weighted by atomic mass is 16.5. The zero-order valence-corrected chi connectivity index (χ0v) is 12.3. The van der Waals surface area contributed by atoms with Crippen LogP contribution >= 0.6 is 0 Å². The molecule has 1 saturated carbocycles. The minimum atomic E-state index is 0.575. The number of hydrogen-bond acceptors (Lipinski definition) is 2. The molecule has 2 nitrogen and oxygen atoms in total. The lowest BCUT2D eigenvalue weighted by molar-refractivity contribution is 0.229. The molecule has 1 fully saturated rings. The van der Waals surface area contributed by atoms with Crippen molar-refractivity contribution in [2.45, 2.75) is 45.4 Å². The number of para-hydroxylation sites is 1. The van der Waals surface area contributed by atoms with Crippen molar-refractivity contribution in [3.05, 3.63) is 29.8 Å². The van der Waals surface area contributed by atoms with Gasteiger partial charge in [0.2, 0.25) is 0 Å². The molecule has 1 aromatic rings. The maximum Gasteiger partial charge on any atom is 0.122 e. The fraction of sp³-hybridized carbons (Fsp3) is 0.647. The van der Waals surface area contributed by atoms with Crippen LogP contribution in [0.25, 0.3) is 0 Å². The highest BCUT2D eigenvalue weighted by Crippen LogP contribution is 2.44. The van der Waals surface area contributed by atoms with E-state index in [1.807, 2.05) is 6.92 Å². The largest absolute Gasteiger partial charge is 0.494 e. The first-order chi connectivity index (χ1) is 9.30. The topological polar surface area (TPSA) is 35.2 Å². The van der Waals surface area contributed by atoms with Gasteiger partial charge in [0.25, 0.3) is 0 Å². The summed E-state index contributed by atoms with van der Waals surface area (Å²) in [7, 11) is 0. The average Bonchev–Trinajstić information content (AvgIpc) is 2.47. The van der Waals surface area contributed by atoms with Crippen LogP contribution < -0.4 is 10.5 Å². The molecule has 19 heavy (non-hydrogen) atoms. The van der Waals surface area contributed by atoms with E-state index in [9.17, 15) is 0 Å². The molecular formula is C17H27NO. The third-order valence-electron chi connectivity index (χ3n) is 4.60. The minimum absolute atomic E-state index is 0.575. The Morgan fingerprint density at radius 1 is 1.21 bits per heavy atom. The fourth-order valence-corrected chi connectivity index (χ4v) is 3.43. The molecule has 0 amide bonds. The first-order valence-corrected chi connectivity index (χ1v) is 7.71. The molecule has 1 aliphatic carbocycles. The Morgan fingerprint density at radius 2 is 2.00 bits per heavy atom. The highest BCUT2D eigenvalue weighted by molar-refractivity contribution is 5.37. The van der Waals surface area contributed by atoms with Crippen LogP contribution in [0.5, 0.6) is 5.75 Å². The van der Waals surface area contributed by atoms with E-state index in [0.29, 0.717) is 11.8 Å². The maximum atomic E-state index is 6.00. The van der Waals surface area contributed by atoms with Crippen LogP contribution in [0.4, 0.5) is 0 Å². The van der Waals surface area contributed by atoms with Crippen molar-refractivity contribution >= 4 is 0 Å². The number of ether oxygens (including phenoxy) is 1. The zero-order chi connectivity index (χ0) is 13.7. The molecule has 0 radical (unpaired) electrons. The van der Waals surface area contributed by atoms with Crippen LogP contribution in [-0.2, 0) is 0 Å². The fourth-order valence-electron chi connectivity index (χ4n) is 3.43. The Bertz CT molecular complexity index is 391. The van der Waals surface area contributed by atoms with Gasteiger partial charge in [-0.05, 0) is 55.7 Å². The van der Waals surface area contributed by atoms with E-state index in [2.05, 4.69) is 31.2 Å². The second-order valence-corrected chi connectivity index (χ2v) is 5.66. The van der Waals surface area contributed by atoms with Crippen molar-refractivity contribution in [3.63, 3.8) is 0 Å². The standard InChI is InChI=1S/C17H27NO/c1-3-13-9-10-14(12-18)16(11-13)15-7-5-6-8-17(15)19-4-2/h5-8,13-14,16H,3-4,9-12,18H2,1-2H3. The van der Waals surface area contributed by atoms with E-state index in [0.717, 1.165) is 24.8 Å². The van der Waals surface area contributed by atoms with Crippen molar-refractivity contribution in [1.29, 1.82) is 0 Å². The summed E-state index contributed by atoms with van der Waals surface area (Å²) in [5, 5.41) is 0. The van der Waals surface area contributed by atoms with Crippen LogP contribution in [0, 0.1) is 11.8 Å². The van der Waals surface area contributed by atoms with Crippen LogP contribution in [0.1, 0.15) is 51.0 Å². The Morgan fingerprint density at radius 3 is 2.68 bits per heavy atom. The predicted molar refractivity (Wildman–Crippen MR) is 80.5 cm³/mol. The van der Waals surface area contributed by atoms with E-state index in [-0.39, 0.29) is 0 Å². The van der Waals surface area contributed by atoms with E-state index < -0.39 is 0 Å². The van der Waals surface area contributed by atoms with E-state index in [1.165, 1.54) is 31.2 Å². The molecule has 3 atom stereocenters. The number of benzene rings is 1. The lowest BCUT2D eigenvalue weighted by Crippen LogP contribution is -2.29. The Kier molecular flexibility index (Phi) is 5.26. The molecule has 0 aliphatic heterocycles. The van der Waals surface area contributed by atoms with Crippen molar-refractivity contribution < 1.29 is 4.74 Å². The summed E-state index contributed by atoms with van der Waals surface area (Å²) in [5.74, 6) is 3.10. The SMILES string of the molecule is CCOc1ccccc1C1CC(CC)CCC1CN. The molecule has 0 saturated heterocycles. The first-order valence-electron chi connectivity index (χ1n) is 7.71. The summed E-state index contributed by atoms with van der Waals surface area (Å²) in [5.41, 5.74) is 7.37. The second kappa shape index (κ2) is 6.95. The number of hydrogen-bond donors (Lipinski definition) is 1. The summed E-state index contributed by atoms with van der Waals surface area (Å²) in [4.78, 5) is 0. The van der Waals surface area contributed by atoms with Gasteiger partial charge in [0.05, 0.1) is 6.61 Å². The van der Waals surface area contributed by atoms with Gasteiger partial charge in [-0.2, -0.15) is 0 Å². The van der Waals surface area contributed by atoms with Gasteiger partial charge in [-0.15, -0.1) is 0 Å². The number of nitrogens with two attached hydrogens (primary N) is 1. The lowest BCUT2D eigenvalue weighted by Gasteiger charge is -2.36. The molecule has 2 heteroatoms. The predicted octanol–water partition coefficient (Wildman–Crippen LogP) is 3.95. The molecule has 0 spiro atoms. The molecule has 3 unspecified atom stereocenters. The summed E-state index contributed by atoms with van der Waals surface area (Å²) in [6.45, 7) is 5.88. The van der Waals surface area contributed by atoms with Crippen LogP contribution in [0.3, 0.4) is 0 Å². The van der Waals surface area contributed by atoms with Gasteiger partial charge < -0.3 is 10.5 Å². The van der Waals surface area contributed by atoms with E-state index >= 15 is 0 Å². The van der Waals surface area contributed by atoms with Crippen molar-refractivity contribution in [2.75, 3.05) is 13.2 Å². The van der Waals surface area contributed by atoms with Gasteiger partial charge in [-0.3, -0.25) is 0 Å². The monoisotopic (exact) mass is 261 g/mol. The minimum Gasteiger partial charge on any atom is -0.494 e. The van der Waals surface area contributed by atoms with E-state index in [4.69, 9.17) is 10.5 Å². The molecule has 0 aromatic heterocycles.